The summed E-state index contributed by atoms with van der Waals surface area (Å²) >= 11 is 0. The molecule has 0 fully saturated rings. The molecule has 0 saturated heterocycles. The minimum absolute atomic E-state index is 0.0539. The van der Waals surface area contributed by atoms with Gasteiger partial charge in [0.05, 0.1) is 0 Å². The minimum atomic E-state index is -0.125. The van der Waals surface area contributed by atoms with E-state index in [0.29, 0.717) is 0 Å². The van der Waals surface area contributed by atoms with Gasteiger partial charge in [0.15, 0.2) is 11.6 Å². The molecule has 0 rings (SSSR count). The van der Waals surface area contributed by atoms with Gasteiger partial charge in [-0.25, -0.2) is 0 Å². The number of ether oxygens (including phenoxy) is 3. The largest absolute Gasteiger partial charge is 0.347 e. The Morgan fingerprint density at radius 3 is 1.14 bits per heavy atom. The van der Waals surface area contributed by atoms with Gasteiger partial charge in [0.25, 0.3) is 0 Å². The molecule has 0 spiro atoms. The van der Waals surface area contributed by atoms with Gasteiger partial charge >= 0.3 is 0 Å². The highest BCUT2D eigenvalue weighted by atomic mass is 16.7. The zero-order valence-corrected chi connectivity index (χ0v) is 27.5. The predicted octanol–water partition coefficient (Wildman–Crippen LogP) is 10.5. The Hall–Kier alpha value is -2.34. The highest BCUT2D eigenvalue weighted by Gasteiger charge is 1.98. The topological polar surface area (TPSA) is 61.8 Å². The highest BCUT2D eigenvalue weighted by Crippen LogP contribution is 2.08. The Bertz CT molecular complexity index is 737. The number of carbonyl (C=O) groups excluding carboxylic acids is 2. The molecule has 0 heterocycles. The van der Waals surface area contributed by atoms with Gasteiger partial charge in [0, 0.05) is 0 Å². The standard InChI is InChI=1S/C38H62O5/c1-3-5-7-9-11-13-15-17-19-21-23-25-27-29-31-37(39)33-41-35-43-36-42-34-38(40)32-30-28-26-24-22-20-18-16-14-12-10-8-6-4-2/h9-12,25-32H,3-8,13-24,33-36H2,1-2H3/b11-9-,12-10-,27-25+,28-26+,31-29+,32-30+. The van der Waals surface area contributed by atoms with Crippen LogP contribution >= 0.6 is 0 Å². The number of unbranched alkanes of at least 4 members (excludes halogenated alkanes) is 14. The van der Waals surface area contributed by atoms with Crippen molar-refractivity contribution in [3.8, 4) is 0 Å². The Balaban J connectivity index is 3.53. The summed E-state index contributed by atoms with van der Waals surface area (Å²) in [6, 6.07) is 0. The van der Waals surface area contributed by atoms with E-state index in [9.17, 15) is 9.59 Å². The van der Waals surface area contributed by atoms with Crippen molar-refractivity contribution >= 4 is 11.6 Å². The molecule has 0 saturated carbocycles. The number of hydrogen-bond acceptors (Lipinski definition) is 5. The maximum absolute atomic E-state index is 11.8. The van der Waals surface area contributed by atoms with E-state index in [-0.39, 0.29) is 38.4 Å². The van der Waals surface area contributed by atoms with Crippen LogP contribution in [0.2, 0.25) is 0 Å². The lowest BCUT2D eigenvalue weighted by molar-refractivity contribution is -0.147. The van der Waals surface area contributed by atoms with Gasteiger partial charge in [-0.2, -0.15) is 0 Å². The summed E-state index contributed by atoms with van der Waals surface area (Å²) in [5.74, 6) is -0.250. The van der Waals surface area contributed by atoms with E-state index in [1.807, 2.05) is 12.2 Å². The van der Waals surface area contributed by atoms with Crippen molar-refractivity contribution in [2.24, 2.45) is 0 Å². The summed E-state index contributed by atoms with van der Waals surface area (Å²) in [7, 11) is 0. The van der Waals surface area contributed by atoms with Crippen LogP contribution in [0.15, 0.2) is 72.9 Å². The molecule has 244 valence electrons. The van der Waals surface area contributed by atoms with Crippen LogP contribution in [0.3, 0.4) is 0 Å². The van der Waals surface area contributed by atoms with Crippen LogP contribution < -0.4 is 0 Å². The maximum Gasteiger partial charge on any atom is 0.181 e. The first kappa shape index (κ1) is 40.7. The summed E-state index contributed by atoms with van der Waals surface area (Å²) in [6.45, 7) is 4.22. The fourth-order valence-corrected chi connectivity index (χ4v) is 4.08. The summed E-state index contributed by atoms with van der Waals surface area (Å²) in [6.07, 6.45) is 45.7. The quantitative estimate of drug-likeness (QED) is 0.0253. The number of rotatable bonds is 32. The Morgan fingerprint density at radius 2 is 0.767 bits per heavy atom. The van der Waals surface area contributed by atoms with E-state index in [2.05, 4.69) is 50.3 Å². The minimum Gasteiger partial charge on any atom is -0.347 e. The number of carbonyl (C=O) groups is 2. The van der Waals surface area contributed by atoms with Crippen molar-refractivity contribution in [3.05, 3.63) is 72.9 Å². The fourth-order valence-electron chi connectivity index (χ4n) is 4.08. The summed E-state index contributed by atoms with van der Waals surface area (Å²) in [5, 5.41) is 0. The smallest absolute Gasteiger partial charge is 0.181 e. The van der Waals surface area contributed by atoms with Gasteiger partial charge in [0.1, 0.15) is 26.8 Å². The van der Waals surface area contributed by atoms with Gasteiger partial charge in [-0.1, -0.05) is 126 Å². The first-order chi connectivity index (χ1) is 21.2. The molecule has 0 N–H and O–H groups in total. The van der Waals surface area contributed by atoms with Crippen LogP contribution in [0, 0.1) is 0 Å². The van der Waals surface area contributed by atoms with Crippen molar-refractivity contribution in [1.29, 1.82) is 0 Å². The highest BCUT2D eigenvalue weighted by molar-refractivity contribution is 5.91. The molecule has 0 amide bonds. The van der Waals surface area contributed by atoms with E-state index in [1.54, 1.807) is 12.2 Å². The van der Waals surface area contributed by atoms with E-state index < -0.39 is 0 Å². The molecule has 0 atom stereocenters. The van der Waals surface area contributed by atoms with Crippen LogP contribution in [-0.4, -0.2) is 38.4 Å². The molecule has 0 aromatic heterocycles. The summed E-state index contributed by atoms with van der Waals surface area (Å²) in [4.78, 5) is 23.6. The molecule has 0 radical (unpaired) electrons. The van der Waals surface area contributed by atoms with Crippen LogP contribution in [0.4, 0.5) is 0 Å². The number of hydrogen-bond donors (Lipinski definition) is 0. The van der Waals surface area contributed by atoms with Crippen molar-refractivity contribution in [1.82, 2.24) is 0 Å². The second-order valence-corrected chi connectivity index (χ2v) is 10.9. The Labute approximate surface area is 264 Å². The van der Waals surface area contributed by atoms with Gasteiger partial charge in [-0.3, -0.25) is 9.59 Å². The van der Waals surface area contributed by atoms with E-state index >= 15 is 0 Å². The van der Waals surface area contributed by atoms with Crippen LogP contribution in [0.1, 0.15) is 129 Å². The fraction of sp³-hybridized carbons (Fsp3) is 0.632. The molecule has 0 bridgehead atoms. The third-order valence-electron chi connectivity index (χ3n) is 6.65. The molecule has 5 nitrogen and oxygen atoms in total. The van der Waals surface area contributed by atoms with Crippen LogP contribution in [-0.2, 0) is 23.8 Å². The second-order valence-electron chi connectivity index (χ2n) is 10.9. The normalized spacial score (nSPS) is 12.5. The lowest BCUT2D eigenvalue weighted by Gasteiger charge is -2.04. The third kappa shape index (κ3) is 35.8. The molecule has 0 aromatic rings. The van der Waals surface area contributed by atoms with Crippen LogP contribution in [0.5, 0.6) is 0 Å². The average Bonchev–Trinajstić information content (AvgIpc) is 3.01. The number of allylic oxidation sites excluding steroid dienone is 10. The van der Waals surface area contributed by atoms with Crippen molar-refractivity contribution in [3.63, 3.8) is 0 Å². The molecular weight excluding hydrogens is 536 g/mol. The first-order valence-electron chi connectivity index (χ1n) is 17.0. The van der Waals surface area contributed by atoms with E-state index in [1.165, 1.54) is 115 Å². The van der Waals surface area contributed by atoms with Gasteiger partial charge in [0.2, 0.25) is 0 Å². The summed E-state index contributed by atoms with van der Waals surface area (Å²) < 4.78 is 15.5. The van der Waals surface area contributed by atoms with E-state index in [0.717, 1.165) is 12.8 Å². The molecule has 0 aliphatic heterocycles. The SMILES string of the molecule is CCCC/C=C\CCCCCC/C=C/C=C/C(=O)COCOCOCC(=O)/C=C/C=C/CCCCCC/C=C\CCCC. The van der Waals surface area contributed by atoms with Gasteiger partial charge in [-0.05, 0) is 76.4 Å². The van der Waals surface area contributed by atoms with Crippen molar-refractivity contribution < 1.29 is 23.8 Å². The van der Waals surface area contributed by atoms with Gasteiger partial charge in [-0.15, -0.1) is 0 Å². The molecule has 5 heteroatoms. The first-order valence-corrected chi connectivity index (χ1v) is 17.0. The van der Waals surface area contributed by atoms with Gasteiger partial charge < -0.3 is 14.2 Å². The zero-order valence-electron chi connectivity index (χ0n) is 27.5. The molecule has 43 heavy (non-hydrogen) atoms. The molecule has 0 aliphatic rings. The lowest BCUT2D eigenvalue weighted by Crippen LogP contribution is -2.12. The maximum atomic E-state index is 11.8. The molecule has 0 aliphatic carbocycles. The second kappa shape index (κ2) is 35.9. The number of ketones is 2. The third-order valence-corrected chi connectivity index (χ3v) is 6.65. The zero-order chi connectivity index (χ0) is 31.3. The average molecular weight is 599 g/mol. The van der Waals surface area contributed by atoms with Crippen molar-refractivity contribution in [2.45, 2.75) is 129 Å². The van der Waals surface area contributed by atoms with Crippen molar-refractivity contribution in [2.75, 3.05) is 26.8 Å². The molecular formula is C38H62O5. The lowest BCUT2D eigenvalue weighted by atomic mass is 10.1. The molecule has 0 unspecified atom stereocenters. The molecule has 0 aromatic carbocycles. The van der Waals surface area contributed by atoms with Crippen LogP contribution in [0.25, 0.3) is 0 Å². The Morgan fingerprint density at radius 1 is 0.419 bits per heavy atom. The van der Waals surface area contributed by atoms with E-state index in [4.69, 9.17) is 14.2 Å². The predicted molar refractivity (Wildman–Crippen MR) is 182 cm³/mol. The monoisotopic (exact) mass is 598 g/mol. The summed E-state index contributed by atoms with van der Waals surface area (Å²) in [5.41, 5.74) is 0. The Kier molecular flexibility index (Phi) is 33.9.